The number of hydrogen-bond donors (Lipinski definition) is 1. The van der Waals surface area contributed by atoms with Crippen molar-refractivity contribution in [2.75, 3.05) is 19.6 Å². The van der Waals surface area contributed by atoms with Gasteiger partial charge in [-0.3, -0.25) is 4.90 Å². The van der Waals surface area contributed by atoms with Crippen LogP contribution in [0.4, 0.5) is 0 Å². The predicted molar refractivity (Wildman–Crippen MR) is 75.5 cm³/mol. The van der Waals surface area contributed by atoms with E-state index in [9.17, 15) is 0 Å². The number of piperidine rings is 1. The predicted octanol–water partition coefficient (Wildman–Crippen LogP) is 2.96. The lowest BCUT2D eigenvalue weighted by Gasteiger charge is -2.35. The third kappa shape index (κ3) is 4.09. The van der Waals surface area contributed by atoms with Crippen LogP contribution in [0.1, 0.15) is 31.6 Å². The molecule has 1 fully saturated rings. The Bertz CT molecular complexity index is 310. The van der Waals surface area contributed by atoms with Crippen molar-refractivity contribution in [3.05, 3.63) is 22.4 Å². The third-order valence-corrected chi connectivity index (χ3v) is 4.51. The number of likely N-dealkylation sites (tertiary alicyclic amines) is 1. The highest BCUT2D eigenvalue weighted by atomic mass is 32.1. The van der Waals surface area contributed by atoms with Crippen molar-refractivity contribution in [1.82, 2.24) is 10.2 Å². The van der Waals surface area contributed by atoms with Crippen LogP contribution in [0.3, 0.4) is 0 Å². The van der Waals surface area contributed by atoms with Gasteiger partial charge in [0.2, 0.25) is 0 Å². The van der Waals surface area contributed by atoms with Crippen molar-refractivity contribution in [2.24, 2.45) is 5.92 Å². The summed E-state index contributed by atoms with van der Waals surface area (Å²) in [5.74, 6) is 0.878. The van der Waals surface area contributed by atoms with E-state index in [2.05, 4.69) is 41.6 Å². The maximum absolute atomic E-state index is 3.57. The van der Waals surface area contributed by atoms with Crippen molar-refractivity contribution in [2.45, 2.75) is 39.3 Å². The van der Waals surface area contributed by atoms with E-state index in [0.717, 1.165) is 19.0 Å². The highest BCUT2D eigenvalue weighted by Gasteiger charge is 2.20. The van der Waals surface area contributed by atoms with Gasteiger partial charge in [0, 0.05) is 30.6 Å². The molecule has 1 aliphatic heterocycles. The lowest BCUT2D eigenvalue weighted by molar-refractivity contribution is 0.136. The number of thiophene rings is 1. The van der Waals surface area contributed by atoms with Crippen LogP contribution in [0.2, 0.25) is 0 Å². The fraction of sp³-hybridized carbons (Fsp3) is 0.714. The fourth-order valence-corrected chi connectivity index (χ4v) is 3.25. The number of rotatable bonds is 5. The average molecular weight is 252 g/mol. The molecule has 2 nitrogen and oxygen atoms in total. The first kappa shape index (κ1) is 13.1. The standard InChI is InChI=1S/C14H24N2S/c1-12-5-3-7-16(11-12)13(2)9-15-10-14-6-4-8-17-14/h4,6,8,12-13,15H,3,5,7,9-11H2,1-2H3. The molecule has 2 unspecified atom stereocenters. The van der Waals surface area contributed by atoms with Crippen LogP contribution in [0.5, 0.6) is 0 Å². The van der Waals surface area contributed by atoms with Gasteiger partial charge >= 0.3 is 0 Å². The van der Waals surface area contributed by atoms with Crippen molar-refractivity contribution < 1.29 is 0 Å². The second-order valence-corrected chi connectivity index (χ2v) is 6.33. The van der Waals surface area contributed by atoms with Gasteiger partial charge in [-0.1, -0.05) is 13.0 Å². The Morgan fingerprint density at radius 1 is 1.59 bits per heavy atom. The SMILES string of the molecule is CC1CCCN(C(C)CNCc2cccs2)C1. The quantitative estimate of drug-likeness (QED) is 0.867. The van der Waals surface area contributed by atoms with Crippen LogP contribution in [0.25, 0.3) is 0 Å². The van der Waals surface area contributed by atoms with E-state index in [0.29, 0.717) is 6.04 Å². The Labute approximate surface area is 109 Å². The normalized spacial score (nSPS) is 23.8. The van der Waals surface area contributed by atoms with E-state index in [1.54, 1.807) is 0 Å². The molecule has 0 radical (unpaired) electrons. The average Bonchev–Trinajstić information content (AvgIpc) is 2.82. The second kappa shape index (κ2) is 6.53. The summed E-state index contributed by atoms with van der Waals surface area (Å²) in [4.78, 5) is 4.07. The summed E-state index contributed by atoms with van der Waals surface area (Å²) in [6.07, 6.45) is 2.78. The molecule has 0 aromatic carbocycles. The zero-order valence-corrected chi connectivity index (χ0v) is 11.8. The highest BCUT2D eigenvalue weighted by Crippen LogP contribution is 2.17. The molecule has 0 spiro atoms. The molecule has 2 rings (SSSR count). The molecule has 96 valence electrons. The van der Waals surface area contributed by atoms with Crippen LogP contribution >= 0.6 is 11.3 Å². The summed E-state index contributed by atoms with van der Waals surface area (Å²) in [5.41, 5.74) is 0. The summed E-state index contributed by atoms with van der Waals surface area (Å²) in [5, 5.41) is 5.71. The van der Waals surface area contributed by atoms with Gasteiger partial charge < -0.3 is 5.32 Å². The van der Waals surface area contributed by atoms with Crippen molar-refractivity contribution in [3.8, 4) is 0 Å². The lowest BCUT2D eigenvalue weighted by Crippen LogP contribution is -2.45. The molecule has 0 aliphatic carbocycles. The first-order valence-corrected chi connectivity index (χ1v) is 7.61. The van der Waals surface area contributed by atoms with E-state index >= 15 is 0 Å². The van der Waals surface area contributed by atoms with Gasteiger partial charge in [0.1, 0.15) is 0 Å². The van der Waals surface area contributed by atoms with Crippen LogP contribution in [0, 0.1) is 5.92 Å². The summed E-state index contributed by atoms with van der Waals surface area (Å²) in [6.45, 7) is 9.40. The van der Waals surface area contributed by atoms with Gasteiger partial charge in [-0.05, 0) is 43.7 Å². The molecule has 0 bridgehead atoms. The van der Waals surface area contributed by atoms with Crippen LogP contribution < -0.4 is 5.32 Å². The van der Waals surface area contributed by atoms with Gasteiger partial charge in [-0.2, -0.15) is 0 Å². The Balaban J connectivity index is 1.68. The molecule has 1 aromatic heterocycles. The van der Waals surface area contributed by atoms with Crippen molar-refractivity contribution >= 4 is 11.3 Å². The van der Waals surface area contributed by atoms with Gasteiger partial charge in [0.15, 0.2) is 0 Å². The third-order valence-electron chi connectivity index (χ3n) is 3.63. The number of nitrogens with one attached hydrogen (secondary N) is 1. The summed E-state index contributed by atoms with van der Waals surface area (Å²) < 4.78 is 0. The molecule has 2 heterocycles. The minimum atomic E-state index is 0.665. The Kier molecular flexibility index (Phi) is 5.01. The molecule has 2 atom stereocenters. The number of nitrogens with zero attached hydrogens (tertiary/aromatic N) is 1. The maximum atomic E-state index is 3.57. The van der Waals surface area contributed by atoms with E-state index in [4.69, 9.17) is 0 Å². The van der Waals surface area contributed by atoms with Gasteiger partial charge in [-0.25, -0.2) is 0 Å². The maximum Gasteiger partial charge on any atom is 0.0300 e. The Hall–Kier alpha value is -0.380. The fourth-order valence-electron chi connectivity index (χ4n) is 2.57. The monoisotopic (exact) mass is 252 g/mol. The first-order chi connectivity index (χ1) is 8.25. The zero-order valence-electron chi connectivity index (χ0n) is 11.0. The van der Waals surface area contributed by atoms with E-state index in [-0.39, 0.29) is 0 Å². The minimum Gasteiger partial charge on any atom is -0.310 e. The van der Waals surface area contributed by atoms with Crippen LogP contribution in [-0.4, -0.2) is 30.6 Å². The molecule has 0 saturated carbocycles. The molecular weight excluding hydrogens is 228 g/mol. The molecule has 17 heavy (non-hydrogen) atoms. The van der Waals surface area contributed by atoms with Crippen LogP contribution in [-0.2, 0) is 6.54 Å². The topological polar surface area (TPSA) is 15.3 Å². The molecule has 1 aliphatic rings. The summed E-state index contributed by atoms with van der Waals surface area (Å²) in [6, 6.07) is 4.99. The molecule has 1 aromatic rings. The van der Waals surface area contributed by atoms with E-state index < -0.39 is 0 Å². The highest BCUT2D eigenvalue weighted by molar-refractivity contribution is 7.09. The summed E-state index contributed by atoms with van der Waals surface area (Å²) >= 11 is 1.83. The molecule has 3 heteroatoms. The van der Waals surface area contributed by atoms with Crippen LogP contribution in [0.15, 0.2) is 17.5 Å². The summed E-state index contributed by atoms with van der Waals surface area (Å²) in [7, 11) is 0. The number of hydrogen-bond acceptors (Lipinski definition) is 3. The largest absolute Gasteiger partial charge is 0.310 e. The van der Waals surface area contributed by atoms with Gasteiger partial charge in [0.25, 0.3) is 0 Å². The van der Waals surface area contributed by atoms with Crippen molar-refractivity contribution in [1.29, 1.82) is 0 Å². The Morgan fingerprint density at radius 3 is 3.18 bits per heavy atom. The zero-order chi connectivity index (χ0) is 12.1. The molecule has 0 amide bonds. The first-order valence-electron chi connectivity index (χ1n) is 6.73. The van der Waals surface area contributed by atoms with Gasteiger partial charge in [-0.15, -0.1) is 11.3 Å². The minimum absolute atomic E-state index is 0.665. The van der Waals surface area contributed by atoms with Crippen molar-refractivity contribution in [3.63, 3.8) is 0 Å². The molecular formula is C14H24N2S. The van der Waals surface area contributed by atoms with Gasteiger partial charge in [0.05, 0.1) is 0 Å². The smallest absolute Gasteiger partial charge is 0.0300 e. The second-order valence-electron chi connectivity index (χ2n) is 5.30. The molecule has 1 N–H and O–H groups in total. The van der Waals surface area contributed by atoms with E-state index in [1.807, 2.05) is 11.3 Å². The lowest BCUT2D eigenvalue weighted by atomic mass is 9.99. The van der Waals surface area contributed by atoms with E-state index in [1.165, 1.54) is 30.8 Å². The Morgan fingerprint density at radius 2 is 2.47 bits per heavy atom. The molecule has 1 saturated heterocycles.